The van der Waals surface area contributed by atoms with Gasteiger partial charge in [-0.3, -0.25) is 4.79 Å². The van der Waals surface area contributed by atoms with E-state index in [-0.39, 0.29) is 40.9 Å². The number of benzene rings is 1. The fourth-order valence-corrected chi connectivity index (χ4v) is 6.71. The lowest BCUT2D eigenvalue weighted by molar-refractivity contribution is -0.125. The molecule has 0 spiro atoms. The van der Waals surface area contributed by atoms with Gasteiger partial charge in [0.15, 0.2) is 6.61 Å². The SMILES string of the molecule is CC1CC(C)CN(S(=O)(=O)c2cccc(C(=O)OCC(=O)NC3CCCC(C)C3C)c2)C1. The van der Waals surface area contributed by atoms with Crippen molar-refractivity contribution < 1.29 is 22.7 Å². The molecule has 0 aromatic heterocycles. The van der Waals surface area contributed by atoms with Crippen LogP contribution in [0.2, 0.25) is 0 Å². The molecule has 1 aromatic rings. The predicted octanol–water partition coefficient (Wildman–Crippen LogP) is 3.45. The molecular weight excluding hydrogens is 428 g/mol. The van der Waals surface area contributed by atoms with Crippen molar-refractivity contribution in [3.63, 3.8) is 0 Å². The average Bonchev–Trinajstić information content (AvgIpc) is 2.74. The van der Waals surface area contributed by atoms with Gasteiger partial charge in [-0.25, -0.2) is 13.2 Å². The van der Waals surface area contributed by atoms with Gasteiger partial charge in [0.05, 0.1) is 10.5 Å². The number of rotatable bonds is 6. The van der Waals surface area contributed by atoms with Crippen LogP contribution >= 0.6 is 0 Å². The Morgan fingerprint density at radius 3 is 2.47 bits per heavy atom. The van der Waals surface area contributed by atoms with Gasteiger partial charge in [-0.15, -0.1) is 0 Å². The van der Waals surface area contributed by atoms with E-state index in [9.17, 15) is 18.0 Å². The van der Waals surface area contributed by atoms with E-state index >= 15 is 0 Å². The first kappa shape index (κ1) is 24.7. The van der Waals surface area contributed by atoms with Crippen LogP contribution in [0, 0.1) is 23.7 Å². The third-order valence-electron chi connectivity index (χ3n) is 6.93. The maximum atomic E-state index is 13.1. The monoisotopic (exact) mass is 464 g/mol. The molecule has 1 aliphatic carbocycles. The van der Waals surface area contributed by atoms with E-state index in [2.05, 4.69) is 19.2 Å². The van der Waals surface area contributed by atoms with Crippen molar-refractivity contribution in [1.29, 1.82) is 0 Å². The third-order valence-corrected chi connectivity index (χ3v) is 8.76. The number of nitrogens with zero attached hydrogens (tertiary/aromatic N) is 1. The van der Waals surface area contributed by atoms with Crippen molar-refractivity contribution in [3.05, 3.63) is 29.8 Å². The minimum Gasteiger partial charge on any atom is -0.452 e. The first-order valence-corrected chi connectivity index (χ1v) is 13.1. The zero-order chi connectivity index (χ0) is 23.5. The lowest BCUT2D eigenvalue weighted by Gasteiger charge is -2.34. The Hall–Kier alpha value is -1.93. The Labute approximate surface area is 191 Å². The fraction of sp³-hybridized carbons (Fsp3) is 0.667. The van der Waals surface area contributed by atoms with Gasteiger partial charge in [0.25, 0.3) is 5.91 Å². The number of hydrogen-bond donors (Lipinski definition) is 1. The summed E-state index contributed by atoms with van der Waals surface area (Å²) in [5.74, 6) is 0.467. The van der Waals surface area contributed by atoms with Crippen molar-refractivity contribution in [2.45, 2.75) is 64.3 Å². The smallest absolute Gasteiger partial charge is 0.338 e. The standard InChI is InChI=1S/C24H36N2O5S/c1-16-11-17(2)14-26(13-16)32(29,30)21-9-6-8-20(12-21)24(28)31-15-23(27)25-22-10-5-7-18(3)19(22)4/h6,8-9,12,16-19,22H,5,7,10-11,13-15H2,1-4H3,(H,25,27). The number of hydrogen-bond acceptors (Lipinski definition) is 5. The lowest BCUT2D eigenvalue weighted by Crippen LogP contribution is -2.45. The molecule has 8 heteroatoms. The van der Waals surface area contributed by atoms with Gasteiger partial charge in [-0.1, -0.05) is 46.6 Å². The van der Waals surface area contributed by atoms with Crippen molar-refractivity contribution in [3.8, 4) is 0 Å². The highest BCUT2D eigenvalue weighted by molar-refractivity contribution is 7.89. The Morgan fingerprint density at radius 1 is 1.09 bits per heavy atom. The van der Waals surface area contributed by atoms with E-state index in [4.69, 9.17) is 4.74 Å². The Kier molecular flexibility index (Phi) is 7.98. The number of piperidine rings is 1. The lowest BCUT2D eigenvalue weighted by atomic mass is 9.78. The van der Waals surface area contributed by atoms with Crippen LogP contribution in [-0.2, 0) is 19.6 Å². The van der Waals surface area contributed by atoms with Gasteiger partial charge in [0.2, 0.25) is 10.0 Å². The largest absolute Gasteiger partial charge is 0.452 e. The molecule has 1 heterocycles. The fourth-order valence-electron chi connectivity index (χ4n) is 4.98. The molecule has 7 nitrogen and oxygen atoms in total. The zero-order valence-electron chi connectivity index (χ0n) is 19.5. The summed E-state index contributed by atoms with van der Waals surface area (Å²) in [6, 6.07) is 5.96. The summed E-state index contributed by atoms with van der Waals surface area (Å²) in [4.78, 5) is 24.9. The maximum absolute atomic E-state index is 13.1. The number of carbonyl (C=O) groups is 2. The van der Waals surface area contributed by atoms with E-state index in [1.165, 1.54) is 28.6 Å². The highest BCUT2D eigenvalue weighted by atomic mass is 32.2. The number of esters is 1. The molecule has 0 bridgehead atoms. The molecule has 0 radical (unpaired) electrons. The first-order chi connectivity index (χ1) is 15.1. The summed E-state index contributed by atoms with van der Waals surface area (Å²) >= 11 is 0. The zero-order valence-corrected chi connectivity index (χ0v) is 20.4. The van der Waals surface area contributed by atoms with E-state index < -0.39 is 16.0 Å². The number of ether oxygens (including phenoxy) is 1. The van der Waals surface area contributed by atoms with Crippen molar-refractivity contribution in [2.24, 2.45) is 23.7 Å². The van der Waals surface area contributed by atoms with E-state index in [1.54, 1.807) is 0 Å². The Balaban J connectivity index is 1.61. The van der Waals surface area contributed by atoms with Gasteiger partial charge in [-0.2, -0.15) is 4.31 Å². The molecule has 1 saturated heterocycles. The van der Waals surface area contributed by atoms with Gasteiger partial charge >= 0.3 is 5.97 Å². The normalized spacial score (nSPS) is 29.3. The highest BCUT2D eigenvalue weighted by Gasteiger charge is 2.32. The number of amides is 1. The summed E-state index contributed by atoms with van der Waals surface area (Å²) < 4.78 is 32.9. The Bertz CT molecular complexity index is 922. The predicted molar refractivity (Wildman–Crippen MR) is 123 cm³/mol. The third kappa shape index (κ3) is 5.90. The second-order valence-corrected chi connectivity index (χ2v) is 11.8. The summed E-state index contributed by atoms with van der Waals surface area (Å²) in [6.07, 6.45) is 4.17. The summed E-state index contributed by atoms with van der Waals surface area (Å²) in [7, 11) is -3.70. The topological polar surface area (TPSA) is 92.8 Å². The molecule has 1 amide bonds. The van der Waals surface area contributed by atoms with Gasteiger partial charge < -0.3 is 10.1 Å². The summed E-state index contributed by atoms with van der Waals surface area (Å²) in [6.45, 7) is 8.98. The van der Waals surface area contributed by atoms with Crippen LogP contribution in [0.3, 0.4) is 0 Å². The number of carbonyl (C=O) groups excluding carboxylic acids is 2. The molecular formula is C24H36N2O5S. The van der Waals surface area contributed by atoms with Gasteiger partial charge in [0.1, 0.15) is 0 Å². The minimum atomic E-state index is -3.70. The molecule has 5 atom stereocenters. The second kappa shape index (κ2) is 10.3. The van der Waals surface area contributed by atoms with Crippen molar-refractivity contribution in [1.82, 2.24) is 9.62 Å². The van der Waals surface area contributed by atoms with Crippen LogP contribution < -0.4 is 5.32 Å². The highest BCUT2D eigenvalue weighted by Crippen LogP contribution is 2.29. The average molecular weight is 465 g/mol. The molecule has 2 fully saturated rings. The maximum Gasteiger partial charge on any atom is 0.338 e. The quantitative estimate of drug-likeness (QED) is 0.651. The first-order valence-electron chi connectivity index (χ1n) is 11.6. The number of nitrogens with one attached hydrogen (secondary N) is 1. The molecule has 178 valence electrons. The van der Waals surface area contributed by atoms with E-state index in [0.717, 1.165) is 25.7 Å². The Morgan fingerprint density at radius 2 is 1.78 bits per heavy atom. The van der Waals surface area contributed by atoms with Crippen LogP contribution in [0.5, 0.6) is 0 Å². The van der Waals surface area contributed by atoms with Gasteiger partial charge in [0, 0.05) is 19.1 Å². The van der Waals surface area contributed by atoms with Crippen LogP contribution in [0.4, 0.5) is 0 Å². The molecule has 2 aliphatic rings. The van der Waals surface area contributed by atoms with Crippen LogP contribution in [0.1, 0.15) is 63.7 Å². The molecule has 1 aromatic carbocycles. The van der Waals surface area contributed by atoms with Crippen molar-refractivity contribution >= 4 is 21.9 Å². The van der Waals surface area contributed by atoms with Crippen LogP contribution in [0.25, 0.3) is 0 Å². The minimum absolute atomic E-state index is 0.0720. The molecule has 1 saturated carbocycles. The van der Waals surface area contributed by atoms with E-state index in [0.29, 0.717) is 24.9 Å². The molecule has 5 unspecified atom stereocenters. The van der Waals surface area contributed by atoms with Crippen LogP contribution in [-0.4, -0.2) is 50.3 Å². The van der Waals surface area contributed by atoms with Crippen LogP contribution in [0.15, 0.2) is 29.2 Å². The van der Waals surface area contributed by atoms with Crippen molar-refractivity contribution in [2.75, 3.05) is 19.7 Å². The molecule has 3 rings (SSSR count). The van der Waals surface area contributed by atoms with E-state index in [1.807, 2.05) is 13.8 Å². The van der Waals surface area contributed by atoms with Gasteiger partial charge in [-0.05, 0) is 54.7 Å². The number of sulfonamides is 1. The summed E-state index contributed by atoms with van der Waals surface area (Å²) in [5, 5.41) is 2.97. The molecule has 1 N–H and O–H groups in total. The molecule has 1 aliphatic heterocycles. The molecule has 32 heavy (non-hydrogen) atoms. The summed E-state index contributed by atoms with van der Waals surface area (Å²) in [5.41, 5.74) is 0.122. The second-order valence-electron chi connectivity index (χ2n) is 9.81.